The van der Waals surface area contributed by atoms with Gasteiger partial charge in [-0.1, -0.05) is 84.9 Å². The van der Waals surface area contributed by atoms with Gasteiger partial charge in [0, 0.05) is 28.9 Å². The molecule has 2 heterocycles. The molecule has 1 saturated heterocycles. The molecule has 0 radical (unpaired) electrons. The number of anilines is 1. The maximum Gasteiger partial charge on any atom is 0.326 e. The number of carbonyl (C=O) groups excluding carboxylic acids is 1. The van der Waals surface area contributed by atoms with E-state index in [2.05, 4.69) is 36.4 Å². The van der Waals surface area contributed by atoms with Gasteiger partial charge in [-0.05, 0) is 84.0 Å². The summed E-state index contributed by atoms with van der Waals surface area (Å²) in [5.74, 6) is 1.71. The monoisotopic (exact) mass is 700 g/mol. The molecule has 7 rings (SSSR count). The third-order valence-electron chi connectivity index (χ3n) is 8.92. The van der Waals surface area contributed by atoms with Crippen LogP contribution in [0.4, 0.5) is 5.69 Å². The molecule has 1 saturated carbocycles. The van der Waals surface area contributed by atoms with Gasteiger partial charge in [-0.15, -0.1) is 0 Å². The Bertz CT molecular complexity index is 2060. The first-order chi connectivity index (χ1) is 23.2. The molecule has 0 bridgehead atoms. The van der Waals surface area contributed by atoms with E-state index in [4.69, 9.17) is 32.9 Å². The second-order valence-corrected chi connectivity index (χ2v) is 14.7. The summed E-state index contributed by atoms with van der Waals surface area (Å²) in [6, 6.07) is 28.9. The Morgan fingerprint density at radius 1 is 0.854 bits per heavy atom. The summed E-state index contributed by atoms with van der Waals surface area (Å²) in [4.78, 5) is 16.9. The zero-order valence-electron chi connectivity index (χ0n) is 26.1. The van der Waals surface area contributed by atoms with E-state index >= 15 is 0 Å². The fourth-order valence-corrected chi connectivity index (χ4v) is 8.02. The van der Waals surface area contributed by atoms with Crippen molar-refractivity contribution in [3.05, 3.63) is 119 Å². The number of hydrogen-bond donors (Lipinski definition) is 1. The van der Waals surface area contributed by atoms with Crippen molar-refractivity contribution in [2.45, 2.75) is 38.5 Å². The maximum absolute atomic E-state index is 12.6. The highest BCUT2D eigenvalue weighted by atomic mass is 35.5. The molecule has 0 spiro atoms. The number of aromatic nitrogens is 2. The Morgan fingerprint density at radius 3 is 2.25 bits per heavy atom. The molecule has 0 unspecified atom stereocenters. The number of benzene rings is 4. The molecule has 48 heavy (non-hydrogen) atoms. The Labute approximate surface area is 290 Å². The van der Waals surface area contributed by atoms with Crippen LogP contribution in [0.15, 0.2) is 97.2 Å². The minimum absolute atomic E-state index is 0.281. The van der Waals surface area contributed by atoms with Crippen LogP contribution in [-0.2, 0) is 21.4 Å². The Balaban J connectivity index is 1.14. The van der Waals surface area contributed by atoms with Gasteiger partial charge in [0.15, 0.2) is 0 Å². The molecule has 2 aliphatic rings. The summed E-state index contributed by atoms with van der Waals surface area (Å²) in [7, 11) is -3.96. The van der Waals surface area contributed by atoms with Gasteiger partial charge in [-0.2, -0.15) is 8.42 Å². The number of halogens is 2. The molecular formula is C37H34Cl2N4O4S. The van der Waals surface area contributed by atoms with Crippen molar-refractivity contribution < 1.29 is 17.9 Å². The number of amides is 1. The van der Waals surface area contributed by atoms with Crippen molar-refractivity contribution in [2.24, 2.45) is 5.92 Å². The molecule has 11 heteroatoms. The molecule has 1 amide bonds. The van der Waals surface area contributed by atoms with Crippen molar-refractivity contribution in [3.63, 3.8) is 0 Å². The van der Waals surface area contributed by atoms with Crippen LogP contribution >= 0.6 is 23.2 Å². The van der Waals surface area contributed by atoms with Crippen molar-refractivity contribution >= 4 is 45.0 Å². The highest BCUT2D eigenvalue weighted by Gasteiger charge is 2.34. The van der Waals surface area contributed by atoms with Gasteiger partial charge < -0.3 is 9.30 Å². The Morgan fingerprint density at radius 2 is 1.56 bits per heavy atom. The van der Waals surface area contributed by atoms with Gasteiger partial charge in [0.2, 0.25) is 0 Å². The summed E-state index contributed by atoms with van der Waals surface area (Å²) in [6.07, 6.45) is 8.84. The molecule has 1 N–H and O–H groups in total. The van der Waals surface area contributed by atoms with Gasteiger partial charge in [0.25, 0.3) is 5.91 Å². The number of nitrogens with zero attached hydrogens (tertiary/aromatic N) is 3. The van der Waals surface area contributed by atoms with Crippen LogP contribution < -0.4 is 13.8 Å². The lowest BCUT2D eigenvalue weighted by Crippen LogP contribution is -2.29. The van der Waals surface area contributed by atoms with Crippen LogP contribution in [0.5, 0.6) is 5.75 Å². The molecule has 1 aliphatic carbocycles. The van der Waals surface area contributed by atoms with E-state index in [0.717, 1.165) is 44.7 Å². The summed E-state index contributed by atoms with van der Waals surface area (Å²) in [5.41, 5.74) is 5.65. The van der Waals surface area contributed by atoms with Crippen molar-refractivity contribution in [2.75, 3.05) is 17.5 Å². The number of ether oxygens (including phenoxy) is 1. The van der Waals surface area contributed by atoms with Gasteiger partial charge in [0.05, 0.1) is 23.0 Å². The summed E-state index contributed by atoms with van der Waals surface area (Å²) >= 11 is 12.7. The molecule has 1 aliphatic heterocycles. The summed E-state index contributed by atoms with van der Waals surface area (Å²) < 4.78 is 36.2. The molecule has 246 valence electrons. The first kappa shape index (κ1) is 32.2. The van der Waals surface area contributed by atoms with E-state index < -0.39 is 16.1 Å². The third kappa shape index (κ3) is 7.09. The smallest absolute Gasteiger partial charge is 0.326 e. The standard InChI is InChI=1S/C37H34Cl2N4O4S/c38-29-15-18-33(34(39)20-29)35-22-42(30-7-4-8-31(21-30)43-23-37(44)41-48(43,45)46)36(40-35)19-25-9-11-27(12-10-25)28-13-16-32(17-14-28)47-24-26-5-2-1-3-6-26/h4,7-18,20-22,26H,1-3,5-6,19,23-24H2,(H,41,44). The maximum atomic E-state index is 12.6. The van der Waals surface area contributed by atoms with E-state index in [-0.39, 0.29) is 6.54 Å². The summed E-state index contributed by atoms with van der Waals surface area (Å²) in [6.45, 7) is 0.505. The molecule has 8 nitrogen and oxygen atoms in total. The quantitative estimate of drug-likeness (QED) is 0.167. The first-order valence-electron chi connectivity index (χ1n) is 16.0. The van der Waals surface area contributed by atoms with Crippen molar-refractivity contribution in [1.29, 1.82) is 0 Å². The van der Waals surface area contributed by atoms with Crippen molar-refractivity contribution in [1.82, 2.24) is 14.3 Å². The van der Waals surface area contributed by atoms with E-state index in [1.165, 1.54) is 32.1 Å². The number of imidazole rings is 1. The predicted octanol–water partition coefficient (Wildman–Crippen LogP) is 8.24. The van der Waals surface area contributed by atoms with Gasteiger partial charge >= 0.3 is 10.2 Å². The molecule has 1 aromatic heterocycles. The van der Waals surface area contributed by atoms with Crippen molar-refractivity contribution in [3.8, 4) is 33.8 Å². The lowest BCUT2D eigenvalue weighted by molar-refractivity contribution is -0.117. The second kappa shape index (κ2) is 13.7. The highest BCUT2D eigenvalue weighted by molar-refractivity contribution is 7.92. The minimum Gasteiger partial charge on any atom is -0.493 e. The van der Waals surface area contributed by atoms with Gasteiger partial charge in [0.1, 0.15) is 18.1 Å². The molecule has 2 fully saturated rings. The zero-order chi connectivity index (χ0) is 33.3. The molecular weight excluding hydrogens is 667 g/mol. The van der Waals surface area contributed by atoms with E-state index in [9.17, 15) is 13.2 Å². The number of carbonyl (C=O) groups is 1. The topological polar surface area (TPSA) is 93.5 Å². The lowest BCUT2D eigenvalue weighted by Gasteiger charge is -2.21. The summed E-state index contributed by atoms with van der Waals surface area (Å²) in [5, 5.41) is 0.989. The Kier molecular flexibility index (Phi) is 9.18. The van der Waals surface area contributed by atoms with Crippen LogP contribution in [-0.4, -0.2) is 37.0 Å². The van der Waals surface area contributed by atoms with Crippen LogP contribution in [0.25, 0.3) is 28.1 Å². The van der Waals surface area contributed by atoms with Gasteiger partial charge in [-0.25, -0.2) is 14.0 Å². The zero-order valence-corrected chi connectivity index (χ0v) is 28.4. The number of hydrogen-bond acceptors (Lipinski definition) is 5. The fraction of sp³-hybridized carbons (Fsp3) is 0.243. The first-order valence-corrected chi connectivity index (χ1v) is 18.2. The predicted molar refractivity (Wildman–Crippen MR) is 190 cm³/mol. The van der Waals surface area contributed by atoms with Gasteiger partial charge in [-0.3, -0.25) is 4.79 Å². The molecule has 4 aromatic carbocycles. The van der Waals surface area contributed by atoms with Crippen LogP contribution in [0.1, 0.15) is 43.5 Å². The minimum atomic E-state index is -3.96. The average Bonchev–Trinajstić information content (AvgIpc) is 3.63. The fourth-order valence-electron chi connectivity index (χ4n) is 6.38. The molecule has 5 aromatic rings. The highest BCUT2D eigenvalue weighted by Crippen LogP contribution is 2.33. The normalized spacial score (nSPS) is 16.2. The second-order valence-electron chi connectivity index (χ2n) is 12.3. The molecule has 0 atom stereocenters. The number of rotatable bonds is 9. The van der Waals surface area contributed by atoms with E-state index in [1.807, 2.05) is 39.8 Å². The Hall–Kier alpha value is -4.31. The number of nitrogens with one attached hydrogen (secondary N) is 1. The van der Waals surface area contributed by atoms with E-state index in [1.54, 1.807) is 30.3 Å². The lowest BCUT2D eigenvalue weighted by atomic mass is 9.90. The van der Waals surface area contributed by atoms with Crippen LogP contribution in [0.2, 0.25) is 10.0 Å². The third-order valence-corrected chi connectivity index (χ3v) is 10.9. The van der Waals surface area contributed by atoms with E-state index in [0.29, 0.717) is 39.5 Å². The van der Waals surface area contributed by atoms with Crippen LogP contribution in [0.3, 0.4) is 0 Å². The SMILES string of the molecule is O=C1CN(c2cccc(-n3cc(-c4ccc(Cl)cc4Cl)nc3Cc3ccc(-c4ccc(OCC5CCCCC5)cc4)cc3)c2)S(=O)(=O)N1. The average molecular weight is 702 g/mol. The van der Waals surface area contributed by atoms with Crippen LogP contribution in [0, 0.1) is 5.92 Å². The largest absolute Gasteiger partial charge is 0.493 e.